The number of nitrogens with zero attached hydrogens (tertiary/aromatic N) is 1. The van der Waals surface area contributed by atoms with E-state index in [-0.39, 0.29) is 153 Å². The Morgan fingerprint density at radius 1 is 0.438 bits per heavy atom. The van der Waals surface area contributed by atoms with Gasteiger partial charge in [-0.1, -0.05) is 90.9 Å². The Morgan fingerprint density at radius 2 is 0.910 bits per heavy atom. The minimum absolute atomic E-state index is 0. The van der Waals surface area contributed by atoms with Crippen LogP contribution in [0.25, 0.3) is 0 Å². The number of hydrogen-bond donors (Lipinski definition) is 9. The zero-order valence-electron chi connectivity index (χ0n) is 51.9. The largest absolute Gasteiger partial charge is 0.481 e. The van der Waals surface area contributed by atoms with Gasteiger partial charge in [0, 0.05) is 95.3 Å². The van der Waals surface area contributed by atoms with Crippen molar-refractivity contribution in [1.29, 1.82) is 0 Å². The van der Waals surface area contributed by atoms with Crippen molar-refractivity contribution in [2.24, 2.45) is 11.8 Å². The molecule has 0 radical (unpaired) electrons. The number of imidazole rings is 1. The van der Waals surface area contributed by atoms with Crippen LogP contribution in [0.5, 0.6) is 0 Å². The van der Waals surface area contributed by atoms with Crippen molar-refractivity contribution < 1.29 is 96.9 Å². The lowest BCUT2D eigenvalue weighted by molar-refractivity contribution is -0.145. The lowest BCUT2D eigenvalue weighted by atomic mass is 9.91. The number of rotatable bonds is 62. The van der Waals surface area contributed by atoms with E-state index in [0.717, 1.165) is 69.9 Å². The summed E-state index contributed by atoms with van der Waals surface area (Å²) in [5, 5.41) is 47.9. The second-order valence-electron chi connectivity index (χ2n) is 22.3. The lowest BCUT2D eigenvalue weighted by Gasteiger charge is -2.17. The maximum atomic E-state index is 12.8. The number of nitrogens with one attached hydrogen (secondary N) is 5. The number of unbranched alkanes of at least 4 members (excludes halogenated alkanes) is 14. The third-order valence-electron chi connectivity index (χ3n) is 14.7. The predicted octanol–water partition coefficient (Wildman–Crippen LogP) is 6.82. The molecular weight excluding hydrogens is 1160 g/mol. The van der Waals surface area contributed by atoms with Crippen LogP contribution in [0, 0.1) is 11.8 Å². The molecule has 0 saturated heterocycles. The van der Waals surface area contributed by atoms with Gasteiger partial charge in [0.05, 0.1) is 45.3 Å². The smallest absolute Gasteiger partial charge is 0.326 e. The van der Waals surface area contributed by atoms with E-state index in [1.807, 2.05) is 0 Å². The Kier molecular flexibility index (Phi) is 50.4. The molecule has 4 atom stereocenters. The SMILES string of the molecule is C.CC(=O)[C@H](CCCCNC(=O)COCCOCCNC(=O)COCCOCCCC(=O)CC[C@H](NC(=O)CC[C@H](CC(=O)CC[C@H](NC(=O)CCCCCCCCCCCCCCCCC(=O)O)C(=O)O)C(=O)O)C(=O)O)CCC(=O)CCc1cnc[nH]1. The van der Waals surface area contributed by atoms with Crippen LogP contribution in [0.1, 0.15) is 219 Å². The van der Waals surface area contributed by atoms with Crippen molar-refractivity contribution in [1.82, 2.24) is 31.2 Å². The second-order valence-corrected chi connectivity index (χ2v) is 22.3. The van der Waals surface area contributed by atoms with Crippen molar-refractivity contribution in [3.05, 3.63) is 18.2 Å². The quantitative estimate of drug-likeness (QED) is 0.0302. The molecule has 1 heterocycles. The van der Waals surface area contributed by atoms with Crippen molar-refractivity contribution in [2.45, 2.75) is 232 Å². The summed E-state index contributed by atoms with van der Waals surface area (Å²) in [6.45, 7) is 2.84. The van der Waals surface area contributed by atoms with E-state index in [0.29, 0.717) is 57.9 Å². The number of carbonyl (C=O) groups is 12. The van der Waals surface area contributed by atoms with E-state index < -0.39 is 72.3 Å². The number of ketones is 4. The number of hydrogen-bond acceptors (Lipinski definition) is 17. The van der Waals surface area contributed by atoms with Crippen LogP contribution in [0.4, 0.5) is 0 Å². The Balaban J connectivity index is 0.0000774. The third kappa shape index (κ3) is 49.0. The van der Waals surface area contributed by atoms with Gasteiger partial charge in [-0.25, -0.2) is 14.6 Å². The Labute approximate surface area is 525 Å². The molecule has 0 bridgehead atoms. The summed E-state index contributed by atoms with van der Waals surface area (Å²) in [4.78, 5) is 152. The summed E-state index contributed by atoms with van der Waals surface area (Å²) in [5.74, 6) is -8.94. The standard InChI is InChI=1S/C62H102N6O20.CH4/c1-46(69)47(23-26-51(71)27-25-49-42-63-45-66-49)19-16-17-33-64-57(75)43-88-40-38-86-36-34-65-58(76)44-87-39-37-85-35-18-20-50(70)28-30-53(61(81)82)68-56(74)32-24-48(60(79)80)41-52(72)29-31-54(62(83)84)67-55(73)21-14-12-10-8-6-4-2-3-5-7-9-11-13-15-22-59(77)78;/h42,45,47-48,53-54H,2-41,43-44H2,1H3,(H,63,66)(H,64,75)(H,65,76)(H,67,73)(H,68,74)(H,77,78)(H,79,80)(H,81,82)(H,83,84);1H4/t47-,48-,53+,54+;/m1./s1. The number of H-pyrrole nitrogens is 1. The maximum absolute atomic E-state index is 12.8. The van der Waals surface area contributed by atoms with Crippen LogP contribution in [0.2, 0.25) is 0 Å². The van der Waals surface area contributed by atoms with Crippen LogP contribution in [0.15, 0.2) is 12.5 Å². The first-order valence-electron chi connectivity index (χ1n) is 31.6. The molecular formula is C63H106N6O20. The second kappa shape index (κ2) is 54.4. The summed E-state index contributed by atoms with van der Waals surface area (Å²) in [6.07, 6.45) is 20.0. The minimum Gasteiger partial charge on any atom is -0.481 e. The molecule has 0 aliphatic carbocycles. The van der Waals surface area contributed by atoms with Crippen molar-refractivity contribution in [3.63, 3.8) is 0 Å². The summed E-state index contributed by atoms with van der Waals surface area (Å²) in [7, 11) is 0. The van der Waals surface area contributed by atoms with E-state index >= 15 is 0 Å². The van der Waals surface area contributed by atoms with Gasteiger partial charge in [-0.3, -0.25) is 47.9 Å². The molecule has 0 unspecified atom stereocenters. The molecule has 0 aromatic carbocycles. The van der Waals surface area contributed by atoms with E-state index in [1.54, 1.807) is 19.4 Å². The fraction of sp³-hybridized carbons (Fsp3) is 0.762. The molecule has 1 aromatic rings. The molecule has 1 aromatic heterocycles. The van der Waals surface area contributed by atoms with Crippen LogP contribution in [0.3, 0.4) is 0 Å². The molecule has 0 aliphatic rings. The fourth-order valence-electron chi connectivity index (χ4n) is 9.42. The number of aryl methyl sites for hydroxylation is 1. The monoisotopic (exact) mass is 1270 g/mol. The summed E-state index contributed by atoms with van der Waals surface area (Å²) < 4.78 is 21.5. The van der Waals surface area contributed by atoms with Gasteiger partial charge in [0.25, 0.3) is 0 Å². The van der Waals surface area contributed by atoms with Gasteiger partial charge in [-0.05, 0) is 71.1 Å². The van der Waals surface area contributed by atoms with Crippen molar-refractivity contribution in [2.75, 3.05) is 65.9 Å². The number of ether oxygens (including phenoxy) is 4. The zero-order valence-corrected chi connectivity index (χ0v) is 51.9. The molecule has 0 spiro atoms. The minimum atomic E-state index is -1.43. The summed E-state index contributed by atoms with van der Waals surface area (Å²) in [5.41, 5.74) is 0.899. The average molecular weight is 1270 g/mol. The van der Waals surface area contributed by atoms with Gasteiger partial charge in [0.1, 0.15) is 48.4 Å². The molecule has 26 heteroatoms. The number of Topliss-reactive ketones (excluding diaryl/α,β-unsaturated/α-hetero) is 4. The number of carboxylic acids is 4. The maximum Gasteiger partial charge on any atom is 0.326 e. The normalized spacial score (nSPS) is 12.4. The first-order valence-corrected chi connectivity index (χ1v) is 31.6. The molecule has 0 aliphatic heterocycles. The van der Waals surface area contributed by atoms with Gasteiger partial charge in [0.15, 0.2) is 0 Å². The number of aliphatic carboxylic acids is 4. The van der Waals surface area contributed by atoms with Gasteiger partial charge in [0.2, 0.25) is 23.6 Å². The fourth-order valence-corrected chi connectivity index (χ4v) is 9.42. The molecule has 508 valence electrons. The van der Waals surface area contributed by atoms with Crippen LogP contribution >= 0.6 is 0 Å². The van der Waals surface area contributed by atoms with Gasteiger partial charge in [-0.2, -0.15) is 0 Å². The van der Waals surface area contributed by atoms with Crippen LogP contribution in [-0.2, 0) is 82.9 Å². The Morgan fingerprint density at radius 3 is 1.43 bits per heavy atom. The highest BCUT2D eigenvalue weighted by Crippen LogP contribution is 2.19. The van der Waals surface area contributed by atoms with E-state index in [1.165, 1.54) is 25.7 Å². The zero-order chi connectivity index (χ0) is 65.0. The lowest BCUT2D eigenvalue weighted by Crippen LogP contribution is -2.41. The van der Waals surface area contributed by atoms with E-state index in [2.05, 4.69) is 31.2 Å². The Hall–Kier alpha value is -6.51. The number of aromatic amines is 1. The predicted molar refractivity (Wildman–Crippen MR) is 329 cm³/mol. The van der Waals surface area contributed by atoms with Crippen LogP contribution in [-0.4, -0.2) is 179 Å². The van der Waals surface area contributed by atoms with Gasteiger partial charge in [-0.15, -0.1) is 0 Å². The van der Waals surface area contributed by atoms with E-state index in [9.17, 15) is 72.9 Å². The number of amides is 4. The van der Waals surface area contributed by atoms with Gasteiger partial charge < -0.3 is 65.6 Å². The highest BCUT2D eigenvalue weighted by molar-refractivity contribution is 5.88. The first kappa shape index (κ1) is 82.5. The number of carboxylic acid groups (broad SMARTS) is 4. The van der Waals surface area contributed by atoms with E-state index in [4.69, 9.17) is 24.1 Å². The number of aromatic nitrogens is 2. The third-order valence-corrected chi connectivity index (χ3v) is 14.7. The molecule has 1 rings (SSSR count). The molecule has 89 heavy (non-hydrogen) atoms. The van der Waals surface area contributed by atoms with Crippen molar-refractivity contribution in [3.8, 4) is 0 Å². The number of carbonyl (C=O) groups excluding carboxylic acids is 8. The average Bonchev–Trinajstić information content (AvgIpc) is 4.14. The highest BCUT2D eigenvalue weighted by Gasteiger charge is 2.27. The molecule has 26 nitrogen and oxygen atoms in total. The topological polar surface area (TPSA) is 399 Å². The molecule has 9 N–H and O–H groups in total. The molecule has 0 fully saturated rings. The Bertz CT molecular complexity index is 2190. The van der Waals surface area contributed by atoms with Crippen LogP contribution < -0.4 is 21.3 Å². The first-order chi connectivity index (χ1) is 42.3. The van der Waals surface area contributed by atoms with Crippen molar-refractivity contribution >= 4 is 70.6 Å². The summed E-state index contributed by atoms with van der Waals surface area (Å²) >= 11 is 0. The van der Waals surface area contributed by atoms with Gasteiger partial charge >= 0.3 is 23.9 Å². The molecule has 0 saturated carbocycles. The molecule has 4 amide bonds. The summed E-state index contributed by atoms with van der Waals surface area (Å²) in [6, 6.07) is -2.78. The highest BCUT2D eigenvalue weighted by atomic mass is 16.5.